The molecule has 1 N–H and O–H groups in total. The topological polar surface area (TPSA) is 61.9 Å². The van der Waals surface area contributed by atoms with Crippen molar-refractivity contribution in [3.05, 3.63) is 29.8 Å². The van der Waals surface area contributed by atoms with E-state index in [2.05, 4.69) is 24.1 Å². The van der Waals surface area contributed by atoms with Crippen LogP contribution in [0.3, 0.4) is 0 Å². The maximum Gasteiger partial charge on any atom is 0.226 e. The van der Waals surface area contributed by atoms with Crippen molar-refractivity contribution in [2.75, 3.05) is 51.3 Å². The number of ether oxygens (including phenoxy) is 1. The Kier molecular flexibility index (Phi) is 8.06. The third-order valence-corrected chi connectivity index (χ3v) is 4.70. The van der Waals surface area contributed by atoms with Crippen LogP contribution in [0.1, 0.15) is 38.7 Å². The van der Waals surface area contributed by atoms with E-state index in [1.54, 1.807) is 11.8 Å². The molecule has 1 aliphatic rings. The maximum atomic E-state index is 12.3. The number of rotatable bonds is 8. The molecule has 1 aliphatic heterocycles. The van der Waals surface area contributed by atoms with E-state index in [1.165, 1.54) is 0 Å². The number of anilines is 1. The van der Waals surface area contributed by atoms with Crippen LogP contribution in [0.4, 0.5) is 5.69 Å². The quantitative estimate of drug-likeness (QED) is 0.772. The van der Waals surface area contributed by atoms with Crippen LogP contribution < -0.4 is 5.32 Å². The van der Waals surface area contributed by atoms with Gasteiger partial charge in [-0.3, -0.25) is 14.5 Å². The molecular weight excluding hydrogens is 330 g/mol. The van der Waals surface area contributed by atoms with Crippen LogP contribution in [-0.2, 0) is 14.3 Å². The molecule has 0 saturated carbocycles. The average Bonchev–Trinajstić information content (AvgIpc) is 2.62. The summed E-state index contributed by atoms with van der Waals surface area (Å²) in [4.78, 5) is 28.3. The summed E-state index contributed by atoms with van der Waals surface area (Å²) in [6, 6.07) is 7.86. The first-order chi connectivity index (χ1) is 12.5. The van der Waals surface area contributed by atoms with Crippen LogP contribution in [0.2, 0.25) is 0 Å². The minimum atomic E-state index is -0.0595. The van der Waals surface area contributed by atoms with Gasteiger partial charge in [-0.25, -0.2) is 0 Å². The number of nitrogens with zero attached hydrogens (tertiary/aromatic N) is 2. The zero-order valence-corrected chi connectivity index (χ0v) is 16.2. The summed E-state index contributed by atoms with van der Waals surface area (Å²) in [6.45, 7) is 11.0. The van der Waals surface area contributed by atoms with Gasteiger partial charge in [0.1, 0.15) is 0 Å². The van der Waals surface area contributed by atoms with Gasteiger partial charge in [-0.15, -0.1) is 0 Å². The van der Waals surface area contributed by atoms with Crippen molar-refractivity contribution in [2.24, 2.45) is 0 Å². The van der Waals surface area contributed by atoms with E-state index < -0.39 is 0 Å². The summed E-state index contributed by atoms with van der Waals surface area (Å²) >= 11 is 0. The van der Waals surface area contributed by atoms with Gasteiger partial charge in [0.15, 0.2) is 0 Å². The van der Waals surface area contributed by atoms with Crippen molar-refractivity contribution >= 4 is 17.5 Å². The predicted octanol–water partition coefficient (Wildman–Crippen LogP) is 2.32. The molecule has 1 saturated heterocycles. The van der Waals surface area contributed by atoms with Gasteiger partial charge in [0.05, 0.1) is 13.2 Å². The summed E-state index contributed by atoms with van der Waals surface area (Å²) in [6.07, 6.45) is 0.301. The van der Waals surface area contributed by atoms with Crippen LogP contribution in [0.5, 0.6) is 0 Å². The molecule has 1 aromatic carbocycles. The molecule has 1 fully saturated rings. The molecule has 2 rings (SSSR count). The lowest BCUT2D eigenvalue weighted by molar-refractivity contribution is -0.129. The third-order valence-electron chi connectivity index (χ3n) is 4.70. The average molecular weight is 361 g/mol. The molecule has 0 radical (unpaired) electrons. The standard InChI is InChI=1S/C20H31N3O3/c1-16(2)18-6-4-5-7-19(18)21-20(25)8-9-23(17(3)24)11-10-22-12-14-26-15-13-22/h4-7,16H,8-15H2,1-3H3,(H,21,25). The molecule has 0 bridgehead atoms. The van der Waals surface area contributed by atoms with Gasteiger partial charge < -0.3 is 15.0 Å². The van der Waals surface area contributed by atoms with Gasteiger partial charge in [0.2, 0.25) is 11.8 Å². The monoisotopic (exact) mass is 361 g/mol. The molecule has 6 nitrogen and oxygen atoms in total. The van der Waals surface area contributed by atoms with Crippen molar-refractivity contribution in [1.82, 2.24) is 9.80 Å². The number of carbonyl (C=O) groups excluding carboxylic acids is 2. The number of morpholine rings is 1. The highest BCUT2D eigenvalue weighted by Gasteiger charge is 2.16. The lowest BCUT2D eigenvalue weighted by Gasteiger charge is -2.29. The highest BCUT2D eigenvalue weighted by Crippen LogP contribution is 2.23. The first-order valence-electron chi connectivity index (χ1n) is 9.41. The highest BCUT2D eigenvalue weighted by molar-refractivity contribution is 5.92. The Morgan fingerprint density at radius 3 is 2.54 bits per heavy atom. The molecule has 1 heterocycles. The largest absolute Gasteiger partial charge is 0.379 e. The second-order valence-corrected chi connectivity index (χ2v) is 7.00. The molecule has 2 amide bonds. The summed E-state index contributed by atoms with van der Waals surface area (Å²) in [5.41, 5.74) is 1.98. The Morgan fingerprint density at radius 1 is 1.19 bits per heavy atom. The SMILES string of the molecule is CC(=O)N(CCC(=O)Nc1ccccc1C(C)C)CCN1CCOCC1. The maximum absolute atomic E-state index is 12.3. The van der Waals surface area contributed by atoms with E-state index >= 15 is 0 Å². The normalized spacial score (nSPS) is 15.1. The molecular formula is C20H31N3O3. The Morgan fingerprint density at radius 2 is 1.88 bits per heavy atom. The van der Waals surface area contributed by atoms with Gasteiger partial charge in [-0.2, -0.15) is 0 Å². The Hall–Kier alpha value is -1.92. The van der Waals surface area contributed by atoms with E-state index in [1.807, 2.05) is 24.3 Å². The number of hydrogen-bond acceptors (Lipinski definition) is 4. The Balaban J connectivity index is 1.82. The van der Waals surface area contributed by atoms with E-state index in [0.29, 0.717) is 25.4 Å². The van der Waals surface area contributed by atoms with Gasteiger partial charge in [0.25, 0.3) is 0 Å². The lowest BCUT2D eigenvalue weighted by Crippen LogP contribution is -2.43. The summed E-state index contributed by atoms with van der Waals surface area (Å²) < 4.78 is 5.34. The second-order valence-electron chi connectivity index (χ2n) is 7.00. The predicted molar refractivity (Wildman–Crippen MR) is 103 cm³/mol. The zero-order valence-electron chi connectivity index (χ0n) is 16.2. The number of nitrogens with one attached hydrogen (secondary N) is 1. The van der Waals surface area contributed by atoms with Crippen molar-refractivity contribution < 1.29 is 14.3 Å². The van der Waals surface area contributed by atoms with Crippen molar-refractivity contribution in [3.63, 3.8) is 0 Å². The summed E-state index contributed by atoms with van der Waals surface area (Å²) in [7, 11) is 0. The van der Waals surface area contributed by atoms with Crippen LogP contribution in [0.25, 0.3) is 0 Å². The Bertz CT molecular complexity index is 598. The van der Waals surface area contributed by atoms with Crippen molar-refractivity contribution in [2.45, 2.75) is 33.1 Å². The summed E-state index contributed by atoms with van der Waals surface area (Å²) in [5, 5.41) is 2.99. The third kappa shape index (κ3) is 6.42. The number of hydrogen-bond donors (Lipinski definition) is 1. The lowest BCUT2D eigenvalue weighted by atomic mass is 10.0. The van der Waals surface area contributed by atoms with Crippen LogP contribution in [0, 0.1) is 0 Å². The minimum absolute atomic E-state index is 0.00800. The van der Waals surface area contributed by atoms with E-state index in [4.69, 9.17) is 4.74 Å². The van der Waals surface area contributed by atoms with E-state index in [0.717, 1.165) is 44.1 Å². The van der Waals surface area contributed by atoms with Gasteiger partial charge in [0, 0.05) is 51.8 Å². The molecule has 0 spiro atoms. The molecule has 1 aromatic rings. The second kappa shape index (κ2) is 10.3. The fraction of sp³-hybridized carbons (Fsp3) is 0.600. The number of amides is 2. The fourth-order valence-electron chi connectivity index (χ4n) is 3.08. The number of benzene rings is 1. The first-order valence-corrected chi connectivity index (χ1v) is 9.41. The molecule has 0 unspecified atom stereocenters. The smallest absolute Gasteiger partial charge is 0.226 e. The van der Waals surface area contributed by atoms with Gasteiger partial charge >= 0.3 is 0 Å². The van der Waals surface area contributed by atoms with Gasteiger partial charge in [-0.1, -0.05) is 32.0 Å². The number of carbonyl (C=O) groups is 2. The van der Waals surface area contributed by atoms with Crippen molar-refractivity contribution in [3.8, 4) is 0 Å². The summed E-state index contributed by atoms with van der Waals surface area (Å²) in [5.74, 6) is 0.290. The van der Waals surface area contributed by atoms with Crippen LogP contribution >= 0.6 is 0 Å². The molecule has 26 heavy (non-hydrogen) atoms. The Labute approximate surface area is 156 Å². The highest BCUT2D eigenvalue weighted by atomic mass is 16.5. The van der Waals surface area contributed by atoms with E-state index in [-0.39, 0.29) is 11.8 Å². The van der Waals surface area contributed by atoms with E-state index in [9.17, 15) is 9.59 Å². The molecule has 6 heteroatoms. The molecule has 0 atom stereocenters. The molecule has 0 aromatic heterocycles. The molecule has 0 aliphatic carbocycles. The number of para-hydroxylation sites is 1. The van der Waals surface area contributed by atoms with Crippen molar-refractivity contribution in [1.29, 1.82) is 0 Å². The first kappa shape index (κ1) is 20.4. The zero-order chi connectivity index (χ0) is 18.9. The van der Waals surface area contributed by atoms with Crippen LogP contribution in [-0.4, -0.2) is 67.6 Å². The molecule has 144 valence electrons. The van der Waals surface area contributed by atoms with Crippen LogP contribution in [0.15, 0.2) is 24.3 Å². The van der Waals surface area contributed by atoms with Gasteiger partial charge in [-0.05, 0) is 17.5 Å². The fourth-order valence-corrected chi connectivity index (χ4v) is 3.08. The minimum Gasteiger partial charge on any atom is -0.379 e.